The maximum Gasteiger partial charge on any atom is 0.260 e. The first-order valence-electron chi connectivity index (χ1n) is 8.68. The van der Waals surface area contributed by atoms with E-state index in [2.05, 4.69) is 4.98 Å². The molecule has 0 spiro atoms. The lowest BCUT2D eigenvalue weighted by molar-refractivity contribution is -0.134. The highest BCUT2D eigenvalue weighted by Crippen LogP contribution is 2.12. The molecule has 1 N–H and O–H groups in total. The van der Waals surface area contributed by atoms with Gasteiger partial charge in [0.2, 0.25) is 5.91 Å². The molecule has 2 heterocycles. The molecule has 3 rings (SSSR count). The molecule has 1 fully saturated rings. The topological polar surface area (TPSA) is 65.6 Å². The van der Waals surface area contributed by atoms with Crippen LogP contribution in [0.5, 0.6) is 5.75 Å². The van der Waals surface area contributed by atoms with Crippen LogP contribution >= 0.6 is 0 Å². The van der Waals surface area contributed by atoms with Crippen molar-refractivity contribution >= 4 is 11.8 Å². The fraction of sp³-hybridized carbons (Fsp3) is 0.368. The van der Waals surface area contributed by atoms with Gasteiger partial charge in [-0.1, -0.05) is 6.07 Å². The van der Waals surface area contributed by atoms with Gasteiger partial charge >= 0.3 is 0 Å². The van der Waals surface area contributed by atoms with E-state index in [-0.39, 0.29) is 18.4 Å². The van der Waals surface area contributed by atoms with E-state index in [0.29, 0.717) is 38.3 Å². The van der Waals surface area contributed by atoms with E-state index >= 15 is 0 Å². The van der Waals surface area contributed by atoms with Crippen molar-refractivity contribution in [1.82, 2.24) is 14.8 Å². The maximum atomic E-state index is 13.1. The number of ether oxygens (including phenoxy) is 1. The largest absolute Gasteiger partial charge is 0.484 e. The van der Waals surface area contributed by atoms with Crippen molar-refractivity contribution in [3.63, 3.8) is 0 Å². The van der Waals surface area contributed by atoms with Gasteiger partial charge in [0.05, 0.1) is 6.42 Å². The summed E-state index contributed by atoms with van der Waals surface area (Å²) in [5.74, 6) is -0.178. The van der Waals surface area contributed by atoms with E-state index in [4.69, 9.17) is 4.74 Å². The average Bonchev–Trinajstić information content (AvgIpc) is 3.01. The number of H-pyrrole nitrogens is 1. The van der Waals surface area contributed by atoms with Crippen LogP contribution in [0.2, 0.25) is 0 Å². The lowest BCUT2D eigenvalue weighted by Crippen LogP contribution is -2.39. The molecule has 1 aliphatic heterocycles. The predicted molar refractivity (Wildman–Crippen MR) is 94.2 cm³/mol. The van der Waals surface area contributed by atoms with Crippen molar-refractivity contribution in [2.45, 2.75) is 12.8 Å². The first-order valence-corrected chi connectivity index (χ1v) is 8.68. The molecule has 0 unspecified atom stereocenters. The summed E-state index contributed by atoms with van der Waals surface area (Å²) in [6.45, 7) is 2.05. The number of carbonyl (C=O) groups excluding carboxylic acids is 2. The number of nitrogens with zero attached hydrogens (tertiary/aromatic N) is 2. The van der Waals surface area contributed by atoms with Gasteiger partial charge in [-0.15, -0.1) is 0 Å². The predicted octanol–water partition coefficient (Wildman–Crippen LogP) is 1.84. The Labute approximate surface area is 151 Å². The Morgan fingerprint density at radius 3 is 2.50 bits per heavy atom. The Bertz CT molecular complexity index is 748. The molecule has 1 saturated heterocycles. The first-order chi connectivity index (χ1) is 12.6. The van der Waals surface area contributed by atoms with E-state index in [9.17, 15) is 14.0 Å². The van der Waals surface area contributed by atoms with Crippen molar-refractivity contribution in [3.05, 3.63) is 54.1 Å². The van der Waals surface area contributed by atoms with Crippen LogP contribution in [0.4, 0.5) is 4.39 Å². The third kappa shape index (κ3) is 4.84. The number of hydrogen-bond acceptors (Lipinski definition) is 3. The highest BCUT2D eigenvalue weighted by atomic mass is 19.1. The van der Waals surface area contributed by atoms with Crippen LogP contribution in [0.25, 0.3) is 0 Å². The van der Waals surface area contributed by atoms with Crippen LogP contribution < -0.4 is 4.74 Å². The van der Waals surface area contributed by atoms with Gasteiger partial charge in [-0.25, -0.2) is 4.39 Å². The van der Waals surface area contributed by atoms with E-state index in [1.807, 2.05) is 12.1 Å². The van der Waals surface area contributed by atoms with Crippen molar-refractivity contribution in [3.8, 4) is 5.75 Å². The van der Waals surface area contributed by atoms with E-state index in [0.717, 1.165) is 12.1 Å². The summed E-state index contributed by atoms with van der Waals surface area (Å²) in [5, 5.41) is 0. The Morgan fingerprint density at radius 2 is 1.81 bits per heavy atom. The van der Waals surface area contributed by atoms with E-state index in [1.54, 1.807) is 22.1 Å². The molecule has 26 heavy (non-hydrogen) atoms. The molecular weight excluding hydrogens is 337 g/mol. The molecule has 7 heteroatoms. The maximum absolute atomic E-state index is 13.1. The molecule has 6 nitrogen and oxygen atoms in total. The summed E-state index contributed by atoms with van der Waals surface area (Å²) in [6.07, 6.45) is 2.86. The summed E-state index contributed by atoms with van der Waals surface area (Å²) in [6, 6.07) is 9.47. The summed E-state index contributed by atoms with van der Waals surface area (Å²) < 4.78 is 18.5. The van der Waals surface area contributed by atoms with Gasteiger partial charge < -0.3 is 19.5 Å². The van der Waals surface area contributed by atoms with Gasteiger partial charge in [0.1, 0.15) is 11.6 Å². The SMILES string of the molecule is O=C(COc1cccc(F)c1)N1CCCN(C(=O)Cc2ccc[nH]2)CC1. The number of rotatable bonds is 5. The van der Waals surface area contributed by atoms with Crippen LogP contribution in [0.3, 0.4) is 0 Å². The summed E-state index contributed by atoms with van der Waals surface area (Å²) in [5.41, 5.74) is 0.885. The standard InChI is InChI=1S/C19H22FN3O3/c20-15-4-1-6-17(12-15)26-14-19(25)23-9-3-8-22(10-11-23)18(24)13-16-5-2-7-21-16/h1-2,4-7,12,21H,3,8-11,13-14H2. The van der Waals surface area contributed by atoms with Gasteiger partial charge in [-0.05, 0) is 30.7 Å². The number of hydrogen-bond donors (Lipinski definition) is 1. The van der Waals surface area contributed by atoms with Gasteiger partial charge in [0.25, 0.3) is 5.91 Å². The molecule has 0 saturated carbocycles. The number of carbonyl (C=O) groups is 2. The molecule has 0 bridgehead atoms. The Morgan fingerprint density at radius 1 is 1.04 bits per heavy atom. The zero-order chi connectivity index (χ0) is 18.4. The molecule has 138 valence electrons. The molecule has 1 aromatic carbocycles. The lowest BCUT2D eigenvalue weighted by atomic mass is 10.2. The van der Waals surface area contributed by atoms with Crippen molar-refractivity contribution < 1.29 is 18.7 Å². The molecular formula is C19H22FN3O3. The smallest absolute Gasteiger partial charge is 0.260 e. The van der Waals surface area contributed by atoms with Gasteiger partial charge in [0.15, 0.2) is 6.61 Å². The van der Waals surface area contributed by atoms with Crippen LogP contribution in [0.15, 0.2) is 42.6 Å². The quantitative estimate of drug-likeness (QED) is 0.886. The van der Waals surface area contributed by atoms with Gasteiger partial charge in [-0.2, -0.15) is 0 Å². The first kappa shape index (κ1) is 18.0. The van der Waals surface area contributed by atoms with Crippen LogP contribution in [0, 0.1) is 5.82 Å². The Balaban J connectivity index is 1.48. The highest BCUT2D eigenvalue weighted by molar-refractivity contribution is 5.79. The second-order valence-electron chi connectivity index (χ2n) is 6.23. The fourth-order valence-corrected chi connectivity index (χ4v) is 2.96. The molecule has 0 radical (unpaired) electrons. The normalized spacial score (nSPS) is 14.8. The second kappa shape index (κ2) is 8.51. The van der Waals surface area contributed by atoms with E-state index < -0.39 is 5.82 Å². The summed E-state index contributed by atoms with van der Waals surface area (Å²) >= 11 is 0. The van der Waals surface area contributed by atoms with Crippen molar-refractivity contribution in [1.29, 1.82) is 0 Å². The number of aromatic amines is 1. The highest BCUT2D eigenvalue weighted by Gasteiger charge is 2.22. The molecule has 0 atom stereocenters. The monoisotopic (exact) mass is 359 g/mol. The third-order valence-electron chi connectivity index (χ3n) is 4.36. The zero-order valence-corrected chi connectivity index (χ0v) is 14.5. The van der Waals surface area contributed by atoms with Crippen LogP contribution in [-0.2, 0) is 16.0 Å². The van der Waals surface area contributed by atoms with Crippen molar-refractivity contribution in [2.75, 3.05) is 32.8 Å². The number of benzene rings is 1. The molecule has 0 aliphatic carbocycles. The Hall–Kier alpha value is -2.83. The van der Waals surface area contributed by atoms with Gasteiger partial charge in [-0.3, -0.25) is 9.59 Å². The van der Waals surface area contributed by atoms with Crippen LogP contribution in [-0.4, -0.2) is 59.4 Å². The van der Waals surface area contributed by atoms with Gasteiger partial charge in [0, 0.05) is 44.1 Å². The van der Waals surface area contributed by atoms with Crippen LogP contribution in [0.1, 0.15) is 12.1 Å². The number of nitrogens with one attached hydrogen (secondary N) is 1. The molecule has 1 aliphatic rings. The minimum Gasteiger partial charge on any atom is -0.484 e. The fourth-order valence-electron chi connectivity index (χ4n) is 2.96. The number of halogens is 1. The second-order valence-corrected chi connectivity index (χ2v) is 6.23. The van der Waals surface area contributed by atoms with Crippen molar-refractivity contribution in [2.24, 2.45) is 0 Å². The average molecular weight is 359 g/mol. The minimum atomic E-state index is -0.402. The third-order valence-corrected chi connectivity index (χ3v) is 4.36. The molecule has 2 amide bonds. The number of amides is 2. The molecule has 2 aromatic rings. The summed E-state index contributed by atoms with van der Waals surface area (Å²) in [4.78, 5) is 31.2. The zero-order valence-electron chi connectivity index (χ0n) is 14.5. The van der Waals surface area contributed by atoms with E-state index in [1.165, 1.54) is 18.2 Å². The molecule has 1 aromatic heterocycles. The number of aromatic nitrogens is 1. The lowest BCUT2D eigenvalue weighted by Gasteiger charge is -2.22. The minimum absolute atomic E-state index is 0.0535. The summed E-state index contributed by atoms with van der Waals surface area (Å²) in [7, 11) is 0. The Kier molecular flexibility index (Phi) is 5.88.